The molecule has 6 nitrogen and oxygen atoms in total. The van der Waals surface area contributed by atoms with Crippen LogP contribution in [-0.2, 0) is 14.8 Å². The number of amides is 1. The Balaban J connectivity index is 0.00000264. The van der Waals surface area contributed by atoms with E-state index in [0.29, 0.717) is 13.1 Å². The van der Waals surface area contributed by atoms with Crippen LogP contribution in [0.15, 0.2) is 23.1 Å². The molecule has 0 atom stereocenters. The van der Waals surface area contributed by atoms with Crippen molar-refractivity contribution in [2.75, 3.05) is 39.8 Å². The van der Waals surface area contributed by atoms with Gasteiger partial charge in [-0.05, 0) is 37.1 Å². The highest BCUT2D eigenvalue weighted by Crippen LogP contribution is 2.18. The predicted octanol–water partition coefficient (Wildman–Crippen LogP) is 0.778. The zero-order valence-corrected chi connectivity index (χ0v) is 15.3. The van der Waals surface area contributed by atoms with E-state index in [9.17, 15) is 13.2 Å². The minimum Gasteiger partial charge on any atom is -0.339 e. The highest BCUT2D eigenvalue weighted by atomic mass is 35.5. The molecule has 0 radical (unpaired) electrons. The molecular weight excluding hydrogens is 338 g/mol. The third kappa shape index (κ3) is 4.67. The van der Waals surface area contributed by atoms with Crippen LogP contribution in [-0.4, -0.2) is 63.3 Å². The van der Waals surface area contributed by atoms with Gasteiger partial charge in [0.05, 0.1) is 11.4 Å². The summed E-state index contributed by atoms with van der Waals surface area (Å²) in [5.41, 5.74) is 1.96. The van der Waals surface area contributed by atoms with Gasteiger partial charge >= 0.3 is 0 Å². The van der Waals surface area contributed by atoms with Crippen LogP contribution in [0.2, 0.25) is 0 Å². The molecule has 1 saturated heterocycles. The zero-order chi connectivity index (χ0) is 16.3. The van der Waals surface area contributed by atoms with Crippen LogP contribution in [0, 0.1) is 13.8 Å². The molecule has 1 amide bonds. The number of benzene rings is 1. The molecule has 1 aromatic carbocycles. The highest BCUT2D eigenvalue weighted by molar-refractivity contribution is 7.89. The second kappa shape index (κ2) is 8.10. The molecular formula is C15H24ClN3O3S. The lowest BCUT2D eigenvalue weighted by molar-refractivity contribution is -0.131. The molecule has 0 aliphatic carbocycles. The fourth-order valence-electron chi connectivity index (χ4n) is 2.34. The Hall–Kier alpha value is -1.15. The molecule has 23 heavy (non-hydrogen) atoms. The molecule has 0 aromatic heterocycles. The first-order valence-electron chi connectivity index (χ1n) is 7.34. The summed E-state index contributed by atoms with van der Waals surface area (Å²) in [4.78, 5) is 14.1. The summed E-state index contributed by atoms with van der Waals surface area (Å²) in [5, 5.41) is 3.16. The molecule has 1 heterocycles. The minimum atomic E-state index is -3.64. The molecule has 1 aliphatic rings. The zero-order valence-electron chi connectivity index (χ0n) is 13.7. The largest absolute Gasteiger partial charge is 0.339 e. The Kier molecular flexibility index (Phi) is 7.01. The molecule has 1 fully saturated rings. The lowest BCUT2D eigenvalue weighted by Gasteiger charge is -2.29. The maximum absolute atomic E-state index is 12.6. The first-order valence-corrected chi connectivity index (χ1v) is 8.78. The van der Waals surface area contributed by atoms with Crippen LogP contribution in [0.1, 0.15) is 11.1 Å². The normalized spacial score (nSPS) is 15.4. The Morgan fingerprint density at radius 1 is 1.22 bits per heavy atom. The van der Waals surface area contributed by atoms with Gasteiger partial charge in [-0.2, -0.15) is 4.31 Å². The van der Waals surface area contributed by atoms with Crippen molar-refractivity contribution in [3.8, 4) is 0 Å². The van der Waals surface area contributed by atoms with Gasteiger partial charge in [-0.1, -0.05) is 6.07 Å². The highest BCUT2D eigenvalue weighted by Gasteiger charge is 2.26. The van der Waals surface area contributed by atoms with E-state index < -0.39 is 10.0 Å². The van der Waals surface area contributed by atoms with Crippen molar-refractivity contribution in [3.63, 3.8) is 0 Å². The Morgan fingerprint density at radius 2 is 1.83 bits per heavy atom. The Morgan fingerprint density at radius 3 is 2.39 bits per heavy atom. The molecule has 1 aromatic rings. The Bertz CT molecular complexity index is 658. The summed E-state index contributed by atoms with van der Waals surface area (Å²) >= 11 is 0. The molecule has 1 N–H and O–H groups in total. The lowest BCUT2D eigenvalue weighted by Crippen LogP contribution is -2.49. The van der Waals surface area contributed by atoms with Gasteiger partial charge in [-0.3, -0.25) is 4.79 Å². The first kappa shape index (κ1) is 19.9. The summed E-state index contributed by atoms with van der Waals surface area (Å²) in [6.45, 7) is 6.42. The molecule has 1 aliphatic heterocycles. The number of halogens is 1. The first-order chi connectivity index (χ1) is 10.3. The fourth-order valence-corrected chi connectivity index (χ4v) is 3.55. The van der Waals surface area contributed by atoms with E-state index in [1.54, 1.807) is 23.1 Å². The Labute approximate surface area is 144 Å². The van der Waals surface area contributed by atoms with Crippen molar-refractivity contribution in [1.29, 1.82) is 0 Å². The van der Waals surface area contributed by atoms with Crippen molar-refractivity contribution in [2.24, 2.45) is 0 Å². The van der Waals surface area contributed by atoms with Crippen LogP contribution in [0.5, 0.6) is 0 Å². The number of nitrogens with one attached hydrogen (secondary N) is 1. The summed E-state index contributed by atoms with van der Waals surface area (Å²) in [6.07, 6.45) is 0. The molecule has 2 rings (SSSR count). The van der Waals surface area contributed by atoms with Crippen molar-refractivity contribution in [2.45, 2.75) is 18.7 Å². The van der Waals surface area contributed by atoms with E-state index in [2.05, 4.69) is 5.32 Å². The number of carbonyl (C=O) groups excluding carboxylic acids is 1. The maximum atomic E-state index is 12.6. The number of hydrogen-bond donors (Lipinski definition) is 1. The number of carbonyl (C=O) groups is 1. The van der Waals surface area contributed by atoms with Gasteiger partial charge in [0.2, 0.25) is 15.9 Å². The van der Waals surface area contributed by atoms with Gasteiger partial charge in [-0.15, -0.1) is 12.4 Å². The molecule has 130 valence electrons. The van der Waals surface area contributed by atoms with Crippen LogP contribution in [0.25, 0.3) is 0 Å². The van der Waals surface area contributed by atoms with Gasteiger partial charge in [0.1, 0.15) is 0 Å². The number of nitrogens with zero attached hydrogens (tertiary/aromatic N) is 2. The molecule has 0 bridgehead atoms. The average molecular weight is 362 g/mol. The monoisotopic (exact) mass is 361 g/mol. The van der Waals surface area contributed by atoms with Crippen molar-refractivity contribution in [1.82, 2.24) is 14.5 Å². The van der Waals surface area contributed by atoms with Crippen molar-refractivity contribution in [3.05, 3.63) is 29.3 Å². The summed E-state index contributed by atoms with van der Waals surface area (Å²) in [7, 11) is -2.19. The van der Waals surface area contributed by atoms with Gasteiger partial charge in [-0.25, -0.2) is 8.42 Å². The van der Waals surface area contributed by atoms with E-state index >= 15 is 0 Å². The molecule has 0 spiro atoms. The quantitative estimate of drug-likeness (QED) is 0.860. The van der Waals surface area contributed by atoms with Gasteiger partial charge in [0, 0.05) is 33.2 Å². The van der Waals surface area contributed by atoms with E-state index in [4.69, 9.17) is 0 Å². The van der Waals surface area contributed by atoms with Gasteiger partial charge in [0.25, 0.3) is 0 Å². The van der Waals surface area contributed by atoms with E-state index in [0.717, 1.165) is 28.5 Å². The smallest absolute Gasteiger partial charge is 0.243 e. The fraction of sp³-hybridized carbons (Fsp3) is 0.533. The lowest BCUT2D eigenvalue weighted by atomic mass is 10.1. The van der Waals surface area contributed by atoms with Gasteiger partial charge < -0.3 is 10.2 Å². The van der Waals surface area contributed by atoms with E-state index in [1.807, 2.05) is 13.8 Å². The van der Waals surface area contributed by atoms with Crippen LogP contribution in [0.3, 0.4) is 0 Å². The number of aryl methyl sites for hydroxylation is 2. The van der Waals surface area contributed by atoms with Crippen LogP contribution < -0.4 is 5.32 Å². The molecule has 0 saturated carbocycles. The number of sulfonamides is 1. The third-order valence-electron chi connectivity index (χ3n) is 4.01. The second-order valence-corrected chi connectivity index (χ2v) is 7.68. The van der Waals surface area contributed by atoms with Crippen molar-refractivity contribution < 1.29 is 13.2 Å². The van der Waals surface area contributed by atoms with Crippen LogP contribution >= 0.6 is 12.4 Å². The van der Waals surface area contributed by atoms with Gasteiger partial charge in [0.15, 0.2) is 0 Å². The standard InChI is InChI=1S/C15H23N3O3S.ClH/c1-12-4-5-14(10-13(12)2)22(20,21)17(3)11-15(19)18-8-6-16-7-9-18;/h4-5,10,16H,6-9,11H2,1-3H3;1H. The number of rotatable bonds is 4. The van der Waals surface area contributed by atoms with Crippen molar-refractivity contribution >= 4 is 28.3 Å². The minimum absolute atomic E-state index is 0. The molecule has 8 heteroatoms. The topological polar surface area (TPSA) is 69.7 Å². The van der Waals surface area contributed by atoms with Crippen LogP contribution in [0.4, 0.5) is 0 Å². The molecule has 0 unspecified atom stereocenters. The number of hydrogen-bond acceptors (Lipinski definition) is 4. The second-order valence-electron chi connectivity index (χ2n) is 5.64. The number of likely N-dealkylation sites (N-methyl/N-ethyl adjacent to an activating group) is 1. The van der Waals surface area contributed by atoms with E-state index in [-0.39, 0.29) is 29.8 Å². The van der Waals surface area contributed by atoms with E-state index in [1.165, 1.54) is 7.05 Å². The summed E-state index contributed by atoms with van der Waals surface area (Å²) in [5.74, 6) is -0.156. The SMILES string of the molecule is Cc1ccc(S(=O)(=O)N(C)CC(=O)N2CCNCC2)cc1C.Cl. The maximum Gasteiger partial charge on any atom is 0.243 e. The number of piperazine rings is 1. The average Bonchev–Trinajstić information content (AvgIpc) is 2.50. The predicted molar refractivity (Wildman–Crippen MR) is 92.4 cm³/mol. The summed E-state index contributed by atoms with van der Waals surface area (Å²) in [6, 6.07) is 5.02. The third-order valence-corrected chi connectivity index (χ3v) is 5.81. The summed E-state index contributed by atoms with van der Waals surface area (Å²) < 4.78 is 26.2.